The number of imide groups is 1. The maximum Gasteiger partial charge on any atom is 0.309 e. The first-order valence-electron chi connectivity index (χ1n) is 8.26. The summed E-state index contributed by atoms with van der Waals surface area (Å²) >= 11 is 0.976. The molecular formula is C16H24N2O5S. The van der Waals surface area contributed by atoms with E-state index in [9.17, 15) is 19.2 Å². The van der Waals surface area contributed by atoms with Crippen LogP contribution >= 0.6 is 11.9 Å². The monoisotopic (exact) mass is 356 g/mol. The maximum absolute atomic E-state index is 12.4. The van der Waals surface area contributed by atoms with E-state index in [1.165, 1.54) is 12.0 Å². The molecule has 0 bridgehead atoms. The van der Waals surface area contributed by atoms with Gasteiger partial charge in [-0.05, 0) is 38.6 Å². The lowest BCUT2D eigenvalue weighted by Gasteiger charge is -2.28. The zero-order valence-electron chi connectivity index (χ0n) is 14.2. The van der Waals surface area contributed by atoms with E-state index in [1.54, 1.807) is 13.8 Å². The zero-order valence-corrected chi connectivity index (χ0v) is 15.1. The van der Waals surface area contributed by atoms with Crippen LogP contribution in [0, 0.1) is 11.8 Å². The number of amides is 3. The highest BCUT2D eigenvalue weighted by atomic mass is 32.2. The summed E-state index contributed by atoms with van der Waals surface area (Å²) in [5.74, 6) is -1.99. The average Bonchev–Trinajstić information content (AvgIpc) is 2.85. The van der Waals surface area contributed by atoms with Gasteiger partial charge in [-0.3, -0.25) is 28.8 Å². The standard InChI is InChI=1S/C16H24N2O5S/c1-9(2)18-13(19)8-12(15(18)21)24-17-14(20)10-6-4-5-7-11(10)16(22)23-3/h9-12H,4-8H2,1-3H3,(H,17,20)/t10-,11+,12?/m0/s1. The van der Waals surface area contributed by atoms with Crippen LogP contribution in [0.2, 0.25) is 0 Å². The quantitative estimate of drug-likeness (QED) is 0.453. The first kappa shape index (κ1) is 18.8. The predicted molar refractivity (Wildman–Crippen MR) is 88.6 cm³/mol. The van der Waals surface area contributed by atoms with E-state index in [2.05, 4.69) is 4.72 Å². The Kier molecular flexibility index (Phi) is 6.26. The van der Waals surface area contributed by atoms with Crippen molar-refractivity contribution in [2.75, 3.05) is 7.11 Å². The van der Waals surface area contributed by atoms with Crippen LogP contribution in [0.4, 0.5) is 0 Å². The van der Waals surface area contributed by atoms with Crippen molar-refractivity contribution in [1.29, 1.82) is 0 Å². The molecule has 8 heteroatoms. The third-order valence-corrected chi connectivity index (χ3v) is 5.54. The molecule has 1 aliphatic heterocycles. The summed E-state index contributed by atoms with van der Waals surface area (Å²) < 4.78 is 7.47. The predicted octanol–water partition coefficient (Wildman–Crippen LogP) is 1.27. The summed E-state index contributed by atoms with van der Waals surface area (Å²) in [6, 6.07) is -0.187. The van der Waals surface area contributed by atoms with Crippen molar-refractivity contribution in [3.05, 3.63) is 0 Å². The Hall–Kier alpha value is -1.57. The van der Waals surface area contributed by atoms with Crippen molar-refractivity contribution in [3.8, 4) is 0 Å². The number of carbonyl (C=O) groups is 4. The molecule has 1 heterocycles. The average molecular weight is 356 g/mol. The number of nitrogens with one attached hydrogen (secondary N) is 1. The zero-order chi connectivity index (χ0) is 17.9. The molecule has 3 atom stereocenters. The van der Waals surface area contributed by atoms with E-state index in [1.807, 2.05) is 0 Å². The minimum Gasteiger partial charge on any atom is -0.469 e. The van der Waals surface area contributed by atoms with Gasteiger partial charge in [0.15, 0.2) is 0 Å². The van der Waals surface area contributed by atoms with Crippen molar-refractivity contribution in [2.24, 2.45) is 11.8 Å². The van der Waals surface area contributed by atoms with Crippen LogP contribution < -0.4 is 4.72 Å². The number of likely N-dealkylation sites (tertiary alicyclic amines) is 1. The van der Waals surface area contributed by atoms with Crippen LogP contribution in [0.5, 0.6) is 0 Å². The third kappa shape index (κ3) is 3.91. The van der Waals surface area contributed by atoms with Crippen LogP contribution in [-0.4, -0.2) is 47.0 Å². The highest BCUT2D eigenvalue weighted by Gasteiger charge is 2.42. The van der Waals surface area contributed by atoms with Crippen LogP contribution in [0.25, 0.3) is 0 Å². The molecule has 0 radical (unpaired) electrons. The number of rotatable bonds is 5. The first-order chi connectivity index (χ1) is 11.4. The number of hydrogen-bond donors (Lipinski definition) is 1. The van der Waals surface area contributed by atoms with Crippen LogP contribution in [-0.2, 0) is 23.9 Å². The van der Waals surface area contributed by atoms with Gasteiger partial charge in [0.2, 0.25) is 17.7 Å². The summed E-state index contributed by atoms with van der Waals surface area (Å²) in [4.78, 5) is 49.6. The molecule has 0 aromatic carbocycles. The van der Waals surface area contributed by atoms with Gasteiger partial charge in [0, 0.05) is 12.5 Å². The number of hydrogen-bond acceptors (Lipinski definition) is 6. The Bertz CT molecular complexity index is 537. The summed E-state index contributed by atoms with van der Waals surface area (Å²) in [6.45, 7) is 3.56. The van der Waals surface area contributed by atoms with Gasteiger partial charge in [-0.1, -0.05) is 12.8 Å². The second kappa shape index (κ2) is 8.00. The molecule has 3 amide bonds. The topological polar surface area (TPSA) is 92.8 Å². The number of carbonyl (C=O) groups excluding carboxylic acids is 4. The first-order valence-corrected chi connectivity index (χ1v) is 9.14. The summed E-state index contributed by atoms with van der Waals surface area (Å²) in [5.41, 5.74) is 0. The van der Waals surface area contributed by atoms with Gasteiger partial charge in [-0.15, -0.1) is 0 Å². The Morgan fingerprint density at radius 2 is 1.83 bits per heavy atom. The van der Waals surface area contributed by atoms with Gasteiger partial charge in [0.1, 0.15) is 5.25 Å². The van der Waals surface area contributed by atoms with Crippen LogP contribution in [0.1, 0.15) is 46.0 Å². The van der Waals surface area contributed by atoms with Gasteiger partial charge in [-0.2, -0.15) is 0 Å². The molecule has 2 rings (SSSR count). The molecule has 2 aliphatic rings. The molecule has 0 aromatic heterocycles. The van der Waals surface area contributed by atoms with Crippen LogP contribution in [0.3, 0.4) is 0 Å². The highest BCUT2D eigenvalue weighted by Crippen LogP contribution is 2.32. The van der Waals surface area contributed by atoms with Crippen molar-refractivity contribution in [2.45, 2.75) is 57.2 Å². The largest absolute Gasteiger partial charge is 0.469 e. The van der Waals surface area contributed by atoms with Gasteiger partial charge in [0.25, 0.3) is 0 Å². The van der Waals surface area contributed by atoms with E-state index < -0.39 is 17.1 Å². The number of esters is 1. The molecule has 1 aliphatic carbocycles. The fourth-order valence-electron chi connectivity index (χ4n) is 3.34. The summed E-state index contributed by atoms with van der Waals surface area (Å²) in [7, 11) is 1.32. The van der Waals surface area contributed by atoms with E-state index in [-0.39, 0.29) is 36.2 Å². The van der Waals surface area contributed by atoms with Crippen molar-refractivity contribution in [1.82, 2.24) is 9.62 Å². The van der Waals surface area contributed by atoms with Gasteiger partial charge >= 0.3 is 5.97 Å². The lowest BCUT2D eigenvalue weighted by atomic mass is 9.79. The summed E-state index contributed by atoms with van der Waals surface area (Å²) in [6.07, 6.45) is 3.14. The van der Waals surface area contributed by atoms with E-state index in [4.69, 9.17) is 4.74 Å². The molecular weight excluding hydrogens is 332 g/mol. The fourth-order valence-corrected chi connectivity index (χ4v) is 4.19. The van der Waals surface area contributed by atoms with Crippen LogP contribution in [0.15, 0.2) is 0 Å². The molecule has 1 unspecified atom stereocenters. The van der Waals surface area contributed by atoms with E-state index >= 15 is 0 Å². The molecule has 24 heavy (non-hydrogen) atoms. The minimum atomic E-state index is -0.594. The Balaban J connectivity index is 1.94. The maximum atomic E-state index is 12.4. The van der Waals surface area contributed by atoms with Crippen molar-refractivity contribution in [3.63, 3.8) is 0 Å². The molecule has 7 nitrogen and oxygen atoms in total. The van der Waals surface area contributed by atoms with Crippen molar-refractivity contribution < 1.29 is 23.9 Å². The Morgan fingerprint density at radius 3 is 2.38 bits per heavy atom. The molecule has 2 fully saturated rings. The second-order valence-corrected chi connectivity index (χ2v) is 7.50. The lowest BCUT2D eigenvalue weighted by Crippen LogP contribution is -2.40. The number of methoxy groups -OCH3 is 1. The highest BCUT2D eigenvalue weighted by molar-refractivity contribution is 7.99. The molecule has 134 valence electrons. The lowest BCUT2D eigenvalue weighted by molar-refractivity contribution is -0.151. The molecule has 1 saturated carbocycles. The molecule has 1 saturated heterocycles. The fraction of sp³-hybridized carbons (Fsp3) is 0.750. The van der Waals surface area contributed by atoms with Gasteiger partial charge in [-0.25, -0.2) is 0 Å². The van der Waals surface area contributed by atoms with E-state index in [0.717, 1.165) is 24.8 Å². The van der Waals surface area contributed by atoms with E-state index in [0.29, 0.717) is 12.8 Å². The molecule has 1 N–H and O–H groups in total. The Labute approximate surface area is 146 Å². The SMILES string of the molecule is COC(=O)[C@@H]1CCCC[C@@H]1C(=O)NSC1CC(=O)N(C(C)C)C1=O. The van der Waals surface area contributed by atoms with Gasteiger partial charge < -0.3 is 4.74 Å². The number of ether oxygens (including phenoxy) is 1. The summed E-state index contributed by atoms with van der Waals surface area (Å²) in [5, 5.41) is -0.594. The second-order valence-electron chi connectivity index (χ2n) is 6.49. The molecule has 0 spiro atoms. The molecule has 0 aromatic rings. The van der Waals surface area contributed by atoms with Crippen molar-refractivity contribution >= 4 is 35.6 Å². The minimum absolute atomic E-state index is 0.0903. The van der Waals surface area contributed by atoms with Gasteiger partial charge in [0.05, 0.1) is 18.9 Å². The Morgan fingerprint density at radius 1 is 1.21 bits per heavy atom. The normalized spacial score (nSPS) is 27.5. The third-order valence-electron chi connectivity index (χ3n) is 4.57. The number of nitrogens with zero attached hydrogens (tertiary/aromatic N) is 1. The smallest absolute Gasteiger partial charge is 0.309 e.